The van der Waals surface area contributed by atoms with Gasteiger partial charge in [-0.1, -0.05) is 13.3 Å². The minimum absolute atomic E-state index is 0.111. The fourth-order valence-electron chi connectivity index (χ4n) is 5.08. The van der Waals surface area contributed by atoms with Gasteiger partial charge in [-0.3, -0.25) is 4.79 Å². The summed E-state index contributed by atoms with van der Waals surface area (Å²) in [7, 11) is 0. The number of hydrogen-bond acceptors (Lipinski definition) is 4. The number of aromatic nitrogens is 4. The maximum absolute atomic E-state index is 10.9. The molecule has 6 heteroatoms. The molecule has 5 unspecified atom stereocenters. The maximum atomic E-state index is 10.9. The van der Waals surface area contributed by atoms with Gasteiger partial charge in [0.15, 0.2) is 5.82 Å². The molecule has 3 saturated carbocycles. The lowest BCUT2D eigenvalue weighted by Crippen LogP contribution is -2.18. The molecular weight excluding hydrogens is 268 g/mol. The van der Waals surface area contributed by atoms with Crippen molar-refractivity contribution in [2.24, 2.45) is 29.6 Å². The number of rotatable bonds is 6. The van der Waals surface area contributed by atoms with Crippen LogP contribution in [-0.4, -0.2) is 31.3 Å². The van der Waals surface area contributed by atoms with Gasteiger partial charge in [0.05, 0.1) is 0 Å². The topological polar surface area (TPSA) is 80.9 Å². The van der Waals surface area contributed by atoms with Crippen molar-refractivity contribution in [3.63, 3.8) is 0 Å². The molecule has 0 aromatic carbocycles. The van der Waals surface area contributed by atoms with E-state index >= 15 is 0 Å². The minimum atomic E-state index is -0.738. The smallest absolute Gasteiger partial charge is 0.303 e. The van der Waals surface area contributed by atoms with E-state index in [9.17, 15) is 4.79 Å². The van der Waals surface area contributed by atoms with E-state index in [4.69, 9.17) is 5.11 Å². The highest BCUT2D eigenvalue weighted by Crippen LogP contribution is 2.72. The Labute approximate surface area is 123 Å². The maximum Gasteiger partial charge on any atom is 0.303 e. The molecule has 0 saturated heterocycles. The van der Waals surface area contributed by atoms with Gasteiger partial charge in [0.2, 0.25) is 0 Å². The number of nitrogens with zero attached hydrogens (tertiary/aromatic N) is 4. The summed E-state index contributed by atoms with van der Waals surface area (Å²) in [6, 6.07) is 0. The predicted molar refractivity (Wildman–Crippen MR) is 74.4 cm³/mol. The van der Waals surface area contributed by atoms with Crippen LogP contribution in [0.25, 0.3) is 0 Å². The lowest BCUT2D eigenvalue weighted by Gasteiger charge is -2.14. The van der Waals surface area contributed by atoms with E-state index in [2.05, 4.69) is 15.5 Å². The molecule has 3 aliphatic rings. The molecule has 21 heavy (non-hydrogen) atoms. The Hall–Kier alpha value is -1.46. The fourth-order valence-corrected chi connectivity index (χ4v) is 5.08. The molecule has 4 rings (SSSR count). The summed E-state index contributed by atoms with van der Waals surface area (Å²) in [5.74, 6) is 4.37. The molecule has 5 atom stereocenters. The number of aliphatic carboxylic acids is 1. The molecule has 1 aromatic heterocycles. The molecule has 0 radical (unpaired) electrons. The Morgan fingerprint density at radius 1 is 1.38 bits per heavy atom. The zero-order valence-electron chi connectivity index (χ0n) is 12.4. The Kier molecular flexibility index (Phi) is 3.01. The molecule has 0 aliphatic heterocycles. The van der Waals surface area contributed by atoms with Crippen LogP contribution in [0.5, 0.6) is 0 Å². The molecule has 0 amide bonds. The highest BCUT2D eigenvalue weighted by atomic mass is 16.4. The van der Waals surface area contributed by atoms with Gasteiger partial charge in [0.1, 0.15) is 0 Å². The Morgan fingerprint density at radius 3 is 2.71 bits per heavy atom. The average Bonchev–Trinajstić information content (AvgIpc) is 2.86. The first kappa shape index (κ1) is 13.2. The first-order chi connectivity index (χ1) is 10.2. The lowest BCUT2D eigenvalue weighted by atomic mass is 10.0. The van der Waals surface area contributed by atoms with Crippen molar-refractivity contribution in [3.8, 4) is 0 Å². The normalized spacial score (nSPS) is 37.5. The summed E-state index contributed by atoms with van der Waals surface area (Å²) in [5.41, 5.74) is 0. The molecule has 6 nitrogen and oxygen atoms in total. The van der Waals surface area contributed by atoms with Crippen LogP contribution in [0.15, 0.2) is 0 Å². The number of fused-ring (bicyclic) bond motifs is 5. The van der Waals surface area contributed by atoms with Crippen molar-refractivity contribution in [2.45, 2.75) is 51.5 Å². The highest BCUT2D eigenvalue weighted by molar-refractivity contribution is 5.66. The summed E-state index contributed by atoms with van der Waals surface area (Å²) >= 11 is 0. The second-order valence-electron chi connectivity index (χ2n) is 7.11. The van der Waals surface area contributed by atoms with Crippen molar-refractivity contribution in [1.29, 1.82) is 0 Å². The van der Waals surface area contributed by atoms with Gasteiger partial charge in [0, 0.05) is 18.9 Å². The SMILES string of the molecule is CCC(CC(=O)O)Cn1nnnc1C1C2C3CCC(C3)C12. The van der Waals surface area contributed by atoms with Gasteiger partial charge in [-0.05, 0) is 59.3 Å². The van der Waals surface area contributed by atoms with Gasteiger partial charge < -0.3 is 5.11 Å². The van der Waals surface area contributed by atoms with E-state index < -0.39 is 5.97 Å². The molecule has 1 aromatic rings. The summed E-state index contributed by atoms with van der Waals surface area (Å²) < 4.78 is 1.89. The van der Waals surface area contributed by atoms with Crippen molar-refractivity contribution < 1.29 is 9.90 Å². The van der Waals surface area contributed by atoms with Crippen molar-refractivity contribution in [1.82, 2.24) is 20.2 Å². The van der Waals surface area contributed by atoms with E-state index in [1.54, 1.807) is 0 Å². The zero-order valence-corrected chi connectivity index (χ0v) is 12.4. The molecule has 114 valence electrons. The lowest BCUT2D eigenvalue weighted by molar-refractivity contribution is -0.138. The highest BCUT2D eigenvalue weighted by Gasteiger charge is 2.66. The molecule has 1 N–H and O–H groups in total. The van der Waals surface area contributed by atoms with Gasteiger partial charge >= 0.3 is 5.97 Å². The van der Waals surface area contributed by atoms with Crippen LogP contribution in [0.1, 0.15) is 50.8 Å². The van der Waals surface area contributed by atoms with Crippen molar-refractivity contribution >= 4 is 5.97 Å². The third kappa shape index (κ3) is 2.07. The minimum Gasteiger partial charge on any atom is -0.481 e. The molecular formula is C15H22N4O2. The molecule has 1 heterocycles. The summed E-state index contributed by atoms with van der Waals surface area (Å²) in [5, 5.41) is 21.3. The van der Waals surface area contributed by atoms with Gasteiger partial charge in [0.25, 0.3) is 0 Å². The molecule has 0 spiro atoms. The number of carboxylic acid groups (broad SMARTS) is 1. The Bertz CT molecular complexity index is 542. The second-order valence-corrected chi connectivity index (χ2v) is 7.11. The standard InChI is InChI=1S/C15H22N4O2/c1-2-8(5-11(20)21)7-19-15(16-17-18-19)14-12-9-3-4-10(6-9)13(12)14/h8-10,12-14H,2-7H2,1H3,(H,20,21). The largest absolute Gasteiger partial charge is 0.481 e. The van der Waals surface area contributed by atoms with E-state index in [-0.39, 0.29) is 12.3 Å². The quantitative estimate of drug-likeness (QED) is 0.866. The summed E-state index contributed by atoms with van der Waals surface area (Å²) in [6.45, 7) is 2.67. The van der Waals surface area contributed by atoms with Gasteiger partial charge in [-0.15, -0.1) is 5.10 Å². The third-order valence-corrected chi connectivity index (χ3v) is 6.06. The zero-order chi connectivity index (χ0) is 14.6. The molecule has 2 bridgehead atoms. The number of tetrazole rings is 1. The van der Waals surface area contributed by atoms with Crippen LogP contribution >= 0.6 is 0 Å². The number of hydrogen-bond donors (Lipinski definition) is 1. The first-order valence-corrected chi connectivity index (χ1v) is 8.16. The van der Waals surface area contributed by atoms with Crippen LogP contribution in [-0.2, 0) is 11.3 Å². The summed E-state index contributed by atoms with van der Waals surface area (Å²) in [6.07, 6.45) is 5.23. The monoisotopic (exact) mass is 290 g/mol. The second kappa shape index (κ2) is 4.78. The van der Waals surface area contributed by atoms with Crippen molar-refractivity contribution in [3.05, 3.63) is 5.82 Å². The van der Waals surface area contributed by atoms with Crippen molar-refractivity contribution in [2.75, 3.05) is 0 Å². The fraction of sp³-hybridized carbons (Fsp3) is 0.867. The van der Waals surface area contributed by atoms with E-state index in [1.807, 2.05) is 11.6 Å². The molecule has 3 aliphatic carbocycles. The summed E-state index contributed by atoms with van der Waals surface area (Å²) in [4.78, 5) is 10.9. The van der Waals surface area contributed by atoms with Crippen LogP contribution in [0, 0.1) is 29.6 Å². The molecule has 3 fully saturated rings. The number of carbonyl (C=O) groups is 1. The predicted octanol–water partition coefficient (Wildman–Crippen LogP) is 1.93. The third-order valence-electron chi connectivity index (χ3n) is 6.06. The van der Waals surface area contributed by atoms with Crippen LogP contribution < -0.4 is 0 Å². The Balaban J connectivity index is 1.49. The first-order valence-electron chi connectivity index (χ1n) is 8.16. The van der Waals surface area contributed by atoms with Crippen LogP contribution in [0.4, 0.5) is 0 Å². The van der Waals surface area contributed by atoms with Gasteiger partial charge in [-0.2, -0.15) is 0 Å². The number of carboxylic acids is 1. The van der Waals surface area contributed by atoms with E-state index in [1.165, 1.54) is 19.3 Å². The van der Waals surface area contributed by atoms with Crippen LogP contribution in [0.3, 0.4) is 0 Å². The van der Waals surface area contributed by atoms with E-state index in [0.29, 0.717) is 12.5 Å². The van der Waals surface area contributed by atoms with Crippen LogP contribution in [0.2, 0.25) is 0 Å². The van der Waals surface area contributed by atoms with Gasteiger partial charge in [-0.25, -0.2) is 4.68 Å². The van der Waals surface area contributed by atoms with E-state index in [0.717, 1.165) is 35.9 Å². The average molecular weight is 290 g/mol. The Morgan fingerprint density at radius 2 is 2.10 bits per heavy atom.